The molecular formula is C4H6F3NO3. The fraction of sp³-hybridized carbons (Fsp3) is 0.750. The topological polar surface area (TPSA) is 69.6 Å². The SMILES string of the molecule is O=C(O)[C@H](CO)NC(F)(F)F. The van der Waals surface area contributed by atoms with Crippen LogP contribution in [0, 0.1) is 0 Å². The maximum atomic E-state index is 11.4. The van der Waals surface area contributed by atoms with Crippen molar-refractivity contribution >= 4 is 5.97 Å². The first-order chi connectivity index (χ1) is 4.87. The Hall–Kier alpha value is -0.820. The summed E-state index contributed by atoms with van der Waals surface area (Å²) in [6.45, 7) is -1.10. The smallest absolute Gasteiger partial charge is 0.458 e. The molecule has 0 rings (SSSR count). The third-order valence-electron chi connectivity index (χ3n) is 0.819. The number of carbonyl (C=O) groups is 1. The van der Waals surface area contributed by atoms with Gasteiger partial charge in [0.2, 0.25) is 0 Å². The monoisotopic (exact) mass is 173 g/mol. The molecule has 0 heterocycles. The number of aliphatic carboxylic acids is 1. The van der Waals surface area contributed by atoms with Gasteiger partial charge in [0, 0.05) is 0 Å². The van der Waals surface area contributed by atoms with Gasteiger partial charge >= 0.3 is 12.3 Å². The van der Waals surface area contributed by atoms with Gasteiger partial charge in [-0.3, -0.25) is 4.79 Å². The van der Waals surface area contributed by atoms with E-state index in [1.54, 1.807) is 0 Å². The fourth-order valence-electron chi connectivity index (χ4n) is 0.383. The van der Waals surface area contributed by atoms with Gasteiger partial charge in [-0.1, -0.05) is 0 Å². The molecule has 0 aromatic carbocycles. The van der Waals surface area contributed by atoms with E-state index in [-0.39, 0.29) is 0 Å². The summed E-state index contributed by atoms with van der Waals surface area (Å²) in [6.07, 6.45) is -4.79. The van der Waals surface area contributed by atoms with Crippen LogP contribution in [0.1, 0.15) is 0 Å². The number of rotatable bonds is 3. The quantitative estimate of drug-likeness (QED) is 0.505. The van der Waals surface area contributed by atoms with E-state index < -0.39 is 24.9 Å². The number of halogens is 3. The van der Waals surface area contributed by atoms with Crippen LogP contribution < -0.4 is 5.32 Å². The number of alkyl halides is 3. The number of carboxylic acids is 1. The molecule has 0 saturated carbocycles. The van der Waals surface area contributed by atoms with E-state index in [1.165, 1.54) is 0 Å². The molecule has 0 fully saturated rings. The zero-order valence-electron chi connectivity index (χ0n) is 5.22. The fourth-order valence-corrected chi connectivity index (χ4v) is 0.383. The Balaban J connectivity index is 3.99. The van der Waals surface area contributed by atoms with Gasteiger partial charge in [0.15, 0.2) is 0 Å². The molecule has 0 aromatic heterocycles. The first-order valence-corrected chi connectivity index (χ1v) is 2.55. The molecule has 0 saturated heterocycles. The highest BCUT2D eigenvalue weighted by Crippen LogP contribution is 2.10. The highest BCUT2D eigenvalue weighted by atomic mass is 19.4. The molecule has 0 radical (unpaired) electrons. The predicted octanol–water partition coefficient (Wildman–Crippen LogP) is -0.459. The van der Waals surface area contributed by atoms with Crippen LogP contribution in [-0.2, 0) is 4.79 Å². The number of hydrogen-bond donors (Lipinski definition) is 3. The Morgan fingerprint density at radius 1 is 1.55 bits per heavy atom. The van der Waals surface area contributed by atoms with Gasteiger partial charge in [-0.25, -0.2) is 5.32 Å². The normalized spacial score (nSPS) is 14.5. The number of hydrogen-bond acceptors (Lipinski definition) is 3. The average molecular weight is 173 g/mol. The van der Waals surface area contributed by atoms with Crippen LogP contribution in [0.2, 0.25) is 0 Å². The standard InChI is InChI=1S/C4H6F3NO3/c5-4(6,7)8-2(1-9)3(10)11/h2,8-9H,1H2,(H,10,11)/t2-/m0/s1. The summed E-state index contributed by atoms with van der Waals surface area (Å²) in [5.41, 5.74) is 0. The summed E-state index contributed by atoms with van der Waals surface area (Å²) in [5.74, 6) is -1.75. The molecule has 0 aliphatic heterocycles. The second-order valence-electron chi connectivity index (χ2n) is 1.72. The maximum absolute atomic E-state index is 11.4. The second kappa shape index (κ2) is 3.54. The van der Waals surface area contributed by atoms with Crippen molar-refractivity contribution in [1.82, 2.24) is 5.32 Å². The van der Waals surface area contributed by atoms with Gasteiger partial charge in [-0.15, -0.1) is 0 Å². The van der Waals surface area contributed by atoms with E-state index in [0.717, 1.165) is 5.32 Å². The first-order valence-electron chi connectivity index (χ1n) is 2.55. The minimum atomic E-state index is -4.79. The molecule has 0 aromatic rings. The highest BCUT2D eigenvalue weighted by molar-refractivity contribution is 5.73. The zero-order chi connectivity index (χ0) is 9.07. The molecule has 1 atom stereocenters. The van der Waals surface area contributed by atoms with E-state index in [4.69, 9.17) is 10.2 Å². The van der Waals surface area contributed by atoms with Crippen LogP contribution in [0.25, 0.3) is 0 Å². The van der Waals surface area contributed by atoms with Crippen molar-refractivity contribution in [3.63, 3.8) is 0 Å². The average Bonchev–Trinajstić information content (AvgIpc) is 1.80. The Morgan fingerprint density at radius 3 is 2.09 bits per heavy atom. The summed E-state index contributed by atoms with van der Waals surface area (Å²) in [4.78, 5) is 9.89. The summed E-state index contributed by atoms with van der Waals surface area (Å²) < 4.78 is 34.1. The molecule has 0 spiro atoms. The van der Waals surface area contributed by atoms with Gasteiger partial charge in [0.1, 0.15) is 6.04 Å². The van der Waals surface area contributed by atoms with E-state index in [1.807, 2.05) is 0 Å². The van der Waals surface area contributed by atoms with Crippen LogP contribution in [0.3, 0.4) is 0 Å². The lowest BCUT2D eigenvalue weighted by Crippen LogP contribution is -2.47. The Kier molecular flexibility index (Phi) is 3.27. The minimum Gasteiger partial charge on any atom is -0.480 e. The van der Waals surface area contributed by atoms with Gasteiger partial charge < -0.3 is 10.2 Å². The largest absolute Gasteiger partial charge is 0.480 e. The summed E-state index contributed by atoms with van der Waals surface area (Å²) >= 11 is 0. The van der Waals surface area contributed by atoms with E-state index in [0.29, 0.717) is 0 Å². The lowest BCUT2D eigenvalue weighted by atomic mass is 10.3. The van der Waals surface area contributed by atoms with Crippen LogP contribution in [-0.4, -0.2) is 35.1 Å². The molecular weight excluding hydrogens is 167 g/mol. The molecule has 0 bridgehead atoms. The van der Waals surface area contributed by atoms with Crippen molar-refractivity contribution in [3.05, 3.63) is 0 Å². The molecule has 3 N–H and O–H groups in total. The third kappa shape index (κ3) is 4.57. The van der Waals surface area contributed by atoms with Gasteiger partial charge in [0.05, 0.1) is 6.61 Å². The van der Waals surface area contributed by atoms with Crippen molar-refractivity contribution in [2.45, 2.75) is 12.3 Å². The van der Waals surface area contributed by atoms with E-state index >= 15 is 0 Å². The van der Waals surface area contributed by atoms with Crippen molar-refractivity contribution in [2.75, 3.05) is 6.61 Å². The molecule has 0 amide bonds. The van der Waals surface area contributed by atoms with E-state index in [2.05, 4.69) is 0 Å². The molecule has 0 unspecified atom stereocenters. The van der Waals surface area contributed by atoms with Crippen molar-refractivity contribution < 1.29 is 28.2 Å². The lowest BCUT2D eigenvalue weighted by Gasteiger charge is -2.13. The molecule has 66 valence electrons. The van der Waals surface area contributed by atoms with Crippen LogP contribution in [0.15, 0.2) is 0 Å². The van der Waals surface area contributed by atoms with E-state index in [9.17, 15) is 18.0 Å². The molecule has 7 heteroatoms. The Bertz CT molecular complexity index is 146. The van der Waals surface area contributed by atoms with Gasteiger partial charge in [0.25, 0.3) is 0 Å². The number of aliphatic hydroxyl groups excluding tert-OH is 1. The van der Waals surface area contributed by atoms with Crippen LogP contribution in [0.5, 0.6) is 0 Å². The number of nitrogens with one attached hydrogen (secondary N) is 1. The van der Waals surface area contributed by atoms with Crippen molar-refractivity contribution in [3.8, 4) is 0 Å². The molecule has 4 nitrogen and oxygen atoms in total. The highest BCUT2D eigenvalue weighted by Gasteiger charge is 2.33. The second-order valence-corrected chi connectivity index (χ2v) is 1.72. The van der Waals surface area contributed by atoms with Crippen LogP contribution >= 0.6 is 0 Å². The zero-order valence-corrected chi connectivity index (χ0v) is 5.22. The van der Waals surface area contributed by atoms with Gasteiger partial charge in [-0.2, -0.15) is 13.2 Å². The summed E-state index contributed by atoms with van der Waals surface area (Å²) in [5, 5.41) is 16.9. The van der Waals surface area contributed by atoms with Gasteiger partial charge in [-0.05, 0) is 0 Å². The maximum Gasteiger partial charge on any atom is 0.458 e. The Morgan fingerprint density at radius 2 is 2.00 bits per heavy atom. The van der Waals surface area contributed by atoms with Crippen molar-refractivity contribution in [1.29, 1.82) is 0 Å². The molecule has 0 aliphatic carbocycles. The lowest BCUT2D eigenvalue weighted by molar-refractivity contribution is -0.176. The predicted molar refractivity (Wildman–Crippen MR) is 27.7 cm³/mol. The summed E-state index contributed by atoms with van der Waals surface area (Å²) in [7, 11) is 0. The molecule has 0 aliphatic rings. The third-order valence-corrected chi connectivity index (χ3v) is 0.819. The Labute approximate surface area is 59.6 Å². The summed E-state index contributed by atoms with van der Waals surface area (Å²) in [6, 6.07) is -1.99. The number of aliphatic hydroxyl groups is 1. The first kappa shape index (κ1) is 10.2. The van der Waals surface area contributed by atoms with Crippen molar-refractivity contribution in [2.24, 2.45) is 0 Å². The molecule has 11 heavy (non-hydrogen) atoms. The minimum absolute atomic E-state index is 0.756. The van der Waals surface area contributed by atoms with Crippen LogP contribution in [0.4, 0.5) is 13.2 Å². The number of carboxylic acid groups (broad SMARTS) is 1.